The second-order valence-corrected chi connectivity index (χ2v) is 8.03. The van der Waals surface area contributed by atoms with Gasteiger partial charge >= 0.3 is 0 Å². The van der Waals surface area contributed by atoms with Crippen LogP contribution in [0.2, 0.25) is 0 Å². The van der Waals surface area contributed by atoms with E-state index in [1.807, 2.05) is 0 Å². The molecule has 0 aliphatic carbocycles. The molecule has 2 heterocycles. The second kappa shape index (κ2) is 6.68. The van der Waals surface area contributed by atoms with Crippen molar-refractivity contribution in [2.45, 2.75) is 19.0 Å². The summed E-state index contributed by atoms with van der Waals surface area (Å²) in [5.41, 5.74) is 0.463. The molecule has 0 bridgehead atoms. The van der Waals surface area contributed by atoms with Crippen molar-refractivity contribution in [3.05, 3.63) is 54.0 Å². The molecule has 0 N–H and O–H groups in total. The first-order valence-electron chi connectivity index (χ1n) is 7.66. The first kappa shape index (κ1) is 16.6. The van der Waals surface area contributed by atoms with Gasteiger partial charge in [0.05, 0.1) is 31.4 Å². The molecule has 1 saturated heterocycles. The average molecular weight is 349 g/mol. The maximum atomic E-state index is 13.0. The second-order valence-electron chi connectivity index (χ2n) is 5.80. The van der Waals surface area contributed by atoms with Crippen molar-refractivity contribution in [2.24, 2.45) is 0 Å². The fourth-order valence-electron chi connectivity index (χ4n) is 2.88. The quantitative estimate of drug-likeness (QED) is 0.826. The van der Waals surface area contributed by atoms with Crippen molar-refractivity contribution in [3.8, 4) is 5.75 Å². The molecule has 1 aromatic carbocycles. The minimum atomic E-state index is -3.10. The van der Waals surface area contributed by atoms with Crippen molar-refractivity contribution in [3.63, 3.8) is 0 Å². The van der Waals surface area contributed by atoms with Gasteiger partial charge in [0, 0.05) is 11.6 Å². The molecule has 128 valence electrons. The van der Waals surface area contributed by atoms with Crippen LogP contribution in [0.25, 0.3) is 0 Å². The first-order chi connectivity index (χ1) is 11.5. The van der Waals surface area contributed by atoms with E-state index in [4.69, 9.17) is 9.15 Å². The number of amides is 1. The third-order valence-corrected chi connectivity index (χ3v) is 5.88. The summed E-state index contributed by atoms with van der Waals surface area (Å²) < 4.78 is 34.2. The average Bonchev–Trinajstić information content (AvgIpc) is 3.21. The van der Waals surface area contributed by atoms with Crippen molar-refractivity contribution in [2.75, 3.05) is 18.6 Å². The van der Waals surface area contributed by atoms with E-state index in [1.165, 1.54) is 13.4 Å². The van der Waals surface area contributed by atoms with E-state index in [9.17, 15) is 13.2 Å². The van der Waals surface area contributed by atoms with Crippen LogP contribution < -0.4 is 4.74 Å². The molecule has 6 nitrogen and oxygen atoms in total. The summed E-state index contributed by atoms with van der Waals surface area (Å²) in [7, 11) is -1.56. The van der Waals surface area contributed by atoms with Gasteiger partial charge in [0.25, 0.3) is 5.91 Å². The summed E-state index contributed by atoms with van der Waals surface area (Å²) in [6.45, 7) is 0.239. The van der Waals surface area contributed by atoms with E-state index < -0.39 is 9.84 Å². The van der Waals surface area contributed by atoms with Crippen LogP contribution >= 0.6 is 0 Å². The minimum absolute atomic E-state index is 0.0105. The molecule has 1 aliphatic rings. The van der Waals surface area contributed by atoms with E-state index in [0.29, 0.717) is 23.5 Å². The Morgan fingerprint density at radius 3 is 2.79 bits per heavy atom. The van der Waals surface area contributed by atoms with Crippen LogP contribution in [-0.2, 0) is 16.4 Å². The Kier molecular flexibility index (Phi) is 4.62. The number of nitrogens with zero attached hydrogens (tertiary/aromatic N) is 1. The molecule has 1 aromatic heterocycles. The van der Waals surface area contributed by atoms with Crippen LogP contribution in [0, 0.1) is 0 Å². The number of benzene rings is 1. The van der Waals surface area contributed by atoms with Crippen LogP contribution in [0.3, 0.4) is 0 Å². The highest BCUT2D eigenvalue weighted by Gasteiger charge is 2.35. The van der Waals surface area contributed by atoms with Crippen LogP contribution in [0.1, 0.15) is 22.5 Å². The largest absolute Gasteiger partial charge is 0.497 e. The summed E-state index contributed by atoms with van der Waals surface area (Å²) in [4.78, 5) is 14.6. The molecule has 0 spiro atoms. The highest BCUT2D eigenvalue weighted by molar-refractivity contribution is 7.91. The predicted molar refractivity (Wildman–Crippen MR) is 88.6 cm³/mol. The monoisotopic (exact) mass is 349 g/mol. The number of hydrogen-bond donors (Lipinski definition) is 0. The Labute approximate surface area is 140 Å². The van der Waals surface area contributed by atoms with Crippen LogP contribution in [0.15, 0.2) is 47.1 Å². The van der Waals surface area contributed by atoms with E-state index >= 15 is 0 Å². The van der Waals surface area contributed by atoms with E-state index in [0.717, 1.165) is 0 Å². The normalized spacial score (nSPS) is 19.1. The van der Waals surface area contributed by atoms with Gasteiger partial charge in [-0.25, -0.2) is 8.42 Å². The van der Waals surface area contributed by atoms with Gasteiger partial charge in [-0.15, -0.1) is 0 Å². The van der Waals surface area contributed by atoms with E-state index in [-0.39, 0.29) is 30.0 Å². The maximum Gasteiger partial charge on any atom is 0.254 e. The number of methoxy groups -OCH3 is 1. The number of sulfone groups is 1. The van der Waals surface area contributed by atoms with E-state index in [1.54, 1.807) is 41.3 Å². The number of rotatable bonds is 5. The Hall–Kier alpha value is -2.28. The number of carbonyl (C=O) groups excluding carboxylic acids is 1. The minimum Gasteiger partial charge on any atom is -0.497 e. The lowest BCUT2D eigenvalue weighted by Gasteiger charge is -2.27. The molecule has 1 amide bonds. The molecule has 1 unspecified atom stereocenters. The first-order valence-corrected chi connectivity index (χ1v) is 9.48. The zero-order chi connectivity index (χ0) is 17.2. The van der Waals surface area contributed by atoms with Crippen LogP contribution in [-0.4, -0.2) is 43.9 Å². The number of ether oxygens (including phenoxy) is 1. The highest BCUT2D eigenvalue weighted by Crippen LogP contribution is 2.23. The van der Waals surface area contributed by atoms with Gasteiger partial charge in [0.2, 0.25) is 0 Å². The molecular formula is C17H19NO5S. The Balaban J connectivity index is 1.89. The fourth-order valence-corrected chi connectivity index (χ4v) is 4.61. The number of furan rings is 1. The van der Waals surface area contributed by atoms with Crippen LogP contribution in [0.4, 0.5) is 0 Å². The lowest BCUT2D eigenvalue weighted by Crippen LogP contribution is -2.40. The highest BCUT2D eigenvalue weighted by atomic mass is 32.2. The molecule has 1 atom stereocenters. The molecular weight excluding hydrogens is 330 g/mol. The SMILES string of the molecule is COc1cccc(C(=O)N(Cc2ccco2)C2CCS(=O)(=O)C2)c1. The van der Waals surface area contributed by atoms with Gasteiger partial charge < -0.3 is 14.1 Å². The molecule has 3 rings (SSSR count). The molecule has 0 radical (unpaired) electrons. The van der Waals surface area contributed by atoms with Crippen molar-refractivity contribution < 1.29 is 22.4 Å². The zero-order valence-electron chi connectivity index (χ0n) is 13.3. The molecule has 1 fully saturated rings. The van der Waals surface area contributed by atoms with Crippen molar-refractivity contribution in [1.82, 2.24) is 4.90 Å². The lowest BCUT2D eigenvalue weighted by molar-refractivity contribution is 0.0666. The summed E-state index contributed by atoms with van der Waals surface area (Å²) in [5, 5.41) is 0. The lowest BCUT2D eigenvalue weighted by atomic mass is 10.1. The number of carbonyl (C=O) groups is 1. The van der Waals surface area contributed by atoms with Crippen LogP contribution in [0.5, 0.6) is 5.75 Å². The van der Waals surface area contributed by atoms with Gasteiger partial charge in [-0.05, 0) is 36.8 Å². The van der Waals surface area contributed by atoms with Gasteiger partial charge in [-0.1, -0.05) is 6.07 Å². The zero-order valence-corrected chi connectivity index (χ0v) is 14.2. The summed E-state index contributed by atoms with van der Waals surface area (Å²) in [5.74, 6) is 1.07. The Morgan fingerprint density at radius 2 is 2.17 bits per heavy atom. The maximum absolute atomic E-state index is 13.0. The predicted octanol–water partition coefficient (Wildman–Crippen LogP) is 2.12. The fraction of sp³-hybridized carbons (Fsp3) is 0.353. The molecule has 0 saturated carbocycles. The third-order valence-electron chi connectivity index (χ3n) is 4.13. The van der Waals surface area contributed by atoms with Crippen molar-refractivity contribution >= 4 is 15.7 Å². The Morgan fingerprint density at radius 1 is 1.33 bits per heavy atom. The van der Waals surface area contributed by atoms with Crippen molar-refractivity contribution in [1.29, 1.82) is 0 Å². The smallest absolute Gasteiger partial charge is 0.254 e. The van der Waals surface area contributed by atoms with Gasteiger partial charge in [-0.3, -0.25) is 4.79 Å². The molecule has 2 aromatic rings. The number of hydrogen-bond acceptors (Lipinski definition) is 5. The standard InChI is InChI=1S/C17H19NO5S/c1-22-15-5-2-4-13(10-15)17(19)18(11-16-6-3-8-23-16)14-7-9-24(20,21)12-14/h2-6,8,10,14H,7,9,11-12H2,1H3. The molecule has 7 heteroatoms. The third kappa shape index (κ3) is 3.62. The molecule has 24 heavy (non-hydrogen) atoms. The summed E-state index contributed by atoms with van der Waals surface area (Å²) in [6.07, 6.45) is 1.98. The Bertz CT molecular complexity index is 813. The van der Waals surface area contributed by atoms with Gasteiger partial charge in [-0.2, -0.15) is 0 Å². The van der Waals surface area contributed by atoms with Gasteiger partial charge in [0.1, 0.15) is 11.5 Å². The van der Waals surface area contributed by atoms with E-state index in [2.05, 4.69) is 0 Å². The molecule has 1 aliphatic heterocycles. The summed E-state index contributed by atoms with van der Waals surface area (Å²) in [6, 6.07) is 10.0. The summed E-state index contributed by atoms with van der Waals surface area (Å²) >= 11 is 0. The topological polar surface area (TPSA) is 76.8 Å². The van der Waals surface area contributed by atoms with Gasteiger partial charge in [0.15, 0.2) is 9.84 Å².